The SMILES string of the molecule is CNC(=O)NC(=O)COC(=O)CCNS(=O)(=O)c1c(C)cc(C)cc1C. The summed E-state index contributed by atoms with van der Waals surface area (Å²) >= 11 is 0. The molecule has 3 N–H and O–H groups in total. The molecule has 0 aliphatic rings. The first-order chi connectivity index (χ1) is 12.1. The van der Waals surface area contributed by atoms with Crippen LogP contribution in [0.2, 0.25) is 0 Å². The number of ether oxygens (including phenoxy) is 1. The van der Waals surface area contributed by atoms with E-state index < -0.39 is 34.5 Å². The minimum atomic E-state index is -3.77. The molecule has 0 aliphatic carbocycles. The van der Waals surface area contributed by atoms with Gasteiger partial charge in [-0.05, 0) is 31.9 Å². The van der Waals surface area contributed by atoms with Crippen LogP contribution >= 0.6 is 0 Å². The van der Waals surface area contributed by atoms with Gasteiger partial charge in [-0.25, -0.2) is 17.9 Å². The number of urea groups is 1. The fourth-order valence-corrected chi connectivity index (χ4v) is 3.87. The summed E-state index contributed by atoms with van der Waals surface area (Å²) < 4.78 is 31.8. The molecule has 0 unspecified atom stereocenters. The van der Waals surface area contributed by atoms with Gasteiger partial charge in [0.25, 0.3) is 5.91 Å². The van der Waals surface area contributed by atoms with Crippen molar-refractivity contribution in [2.45, 2.75) is 32.1 Å². The maximum Gasteiger partial charge on any atom is 0.321 e. The summed E-state index contributed by atoms with van der Waals surface area (Å²) in [6.45, 7) is 4.47. The number of rotatable bonds is 7. The number of imide groups is 1. The van der Waals surface area contributed by atoms with Crippen molar-refractivity contribution >= 4 is 27.9 Å². The van der Waals surface area contributed by atoms with E-state index in [1.165, 1.54) is 7.05 Å². The summed E-state index contributed by atoms with van der Waals surface area (Å²) in [5, 5.41) is 4.10. The lowest BCUT2D eigenvalue weighted by Gasteiger charge is -2.13. The topological polar surface area (TPSA) is 131 Å². The number of carbonyl (C=O) groups is 3. The highest BCUT2D eigenvalue weighted by atomic mass is 32.2. The first-order valence-corrected chi connectivity index (χ1v) is 9.30. The highest BCUT2D eigenvalue weighted by Crippen LogP contribution is 2.21. The number of nitrogens with one attached hydrogen (secondary N) is 3. The standard InChI is InChI=1S/C16H23N3O6S/c1-10-7-11(2)15(12(3)8-10)26(23,24)18-6-5-14(21)25-9-13(20)19-16(22)17-4/h7-8,18H,5-6,9H2,1-4H3,(H2,17,19,20,22). The molecule has 0 heterocycles. The third kappa shape index (κ3) is 6.45. The lowest BCUT2D eigenvalue weighted by atomic mass is 10.1. The Labute approximate surface area is 152 Å². The first-order valence-electron chi connectivity index (χ1n) is 7.81. The number of sulfonamides is 1. The third-order valence-electron chi connectivity index (χ3n) is 3.34. The van der Waals surface area contributed by atoms with Gasteiger partial charge < -0.3 is 10.1 Å². The first kappa shape index (κ1) is 21.6. The van der Waals surface area contributed by atoms with Crippen LogP contribution in [0.25, 0.3) is 0 Å². The Morgan fingerprint density at radius 3 is 2.19 bits per heavy atom. The second-order valence-electron chi connectivity index (χ2n) is 5.66. The molecule has 0 aliphatic heterocycles. The van der Waals surface area contributed by atoms with Gasteiger partial charge in [-0.3, -0.25) is 14.9 Å². The van der Waals surface area contributed by atoms with Crippen LogP contribution in [0, 0.1) is 20.8 Å². The van der Waals surface area contributed by atoms with Crippen molar-refractivity contribution in [2.75, 3.05) is 20.2 Å². The Hall–Kier alpha value is -2.46. The number of benzene rings is 1. The van der Waals surface area contributed by atoms with Crippen molar-refractivity contribution in [3.8, 4) is 0 Å². The van der Waals surface area contributed by atoms with Crippen LogP contribution in [0.3, 0.4) is 0 Å². The maximum atomic E-state index is 12.4. The molecule has 0 saturated heterocycles. The molecule has 1 aromatic carbocycles. The fraction of sp³-hybridized carbons (Fsp3) is 0.438. The van der Waals surface area contributed by atoms with Crippen LogP contribution in [0.4, 0.5) is 4.79 Å². The molecular weight excluding hydrogens is 362 g/mol. The maximum absolute atomic E-state index is 12.4. The summed E-state index contributed by atoms with van der Waals surface area (Å²) in [4.78, 5) is 33.9. The summed E-state index contributed by atoms with van der Waals surface area (Å²) in [5.41, 5.74) is 2.18. The molecule has 3 amide bonds. The minimum Gasteiger partial charge on any atom is -0.456 e. The molecule has 26 heavy (non-hydrogen) atoms. The summed E-state index contributed by atoms with van der Waals surface area (Å²) in [6.07, 6.45) is -0.254. The molecule has 9 nitrogen and oxygen atoms in total. The predicted octanol–water partition coefficient (Wildman–Crippen LogP) is 0.279. The van der Waals surface area contributed by atoms with Gasteiger partial charge >= 0.3 is 12.0 Å². The Morgan fingerprint density at radius 2 is 1.65 bits per heavy atom. The smallest absolute Gasteiger partial charge is 0.321 e. The van der Waals surface area contributed by atoms with Gasteiger partial charge in [-0.1, -0.05) is 17.7 Å². The van der Waals surface area contributed by atoms with Crippen molar-refractivity contribution in [3.05, 3.63) is 28.8 Å². The zero-order valence-electron chi connectivity index (χ0n) is 15.1. The van der Waals surface area contributed by atoms with E-state index in [-0.39, 0.29) is 17.9 Å². The van der Waals surface area contributed by atoms with Crippen molar-refractivity contribution in [1.29, 1.82) is 0 Å². The van der Waals surface area contributed by atoms with Crippen LogP contribution in [0.1, 0.15) is 23.1 Å². The second-order valence-corrected chi connectivity index (χ2v) is 7.37. The van der Waals surface area contributed by atoms with Gasteiger partial charge in [-0.15, -0.1) is 0 Å². The van der Waals surface area contributed by atoms with E-state index in [0.717, 1.165) is 5.56 Å². The number of carbonyl (C=O) groups excluding carboxylic acids is 3. The average molecular weight is 385 g/mol. The molecule has 0 saturated carbocycles. The second kappa shape index (κ2) is 9.30. The molecule has 0 bridgehead atoms. The zero-order chi connectivity index (χ0) is 19.9. The molecule has 0 atom stereocenters. The van der Waals surface area contributed by atoms with Crippen molar-refractivity contribution in [3.63, 3.8) is 0 Å². The predicted molar refractivity (Wildman–Crippen MR) is 94.0 cm³/mol. The Morgan fingerprint density at radius 1 is 1.08 bits per heavy atom. The van der Waals surface area contributed by atoms with Crippen molar-refractivity contribution in [1.82, 2.24) is 15.4 Å². The van der Waals surface area contributed by atoms with Crippen LogP contribution in [0.5, 0.6) is 0 Å². The van der Waals surface area contributed by atoms with Crippen molar-refractivity contribution in [2.24, 2.45) is 0 Å². The number of hydrogen-bond donors (Lipinski definition) is 3. The molecule has 1 rings (SSSR count). The molecule has 10 heteroatoms. The normalized spacial score (nSPS) is 10.9. The van der Waals surface area contributed by atoms with E-state index in [1.54, 1.807) is 26.0 Å². The summed E-state index contributed by atoms with van der Waals surface area (Å²) in [5.74, 6) is -1.55. The Balaban J connectivity index is 2.53. The van der Waals surface area contributed by atoms with Crippen LogP contribution in [-0.2, 0) is 24.3 Å². The highest BCUT2D eigenvalue weighted by Gasteiger charge is 2.20. The zero-order valence-corrected chi connectivity index (χ0v) is 16.0. The molecule has 1 aromatic rings. The van der Waals surface area contributed by atoms with Gasteiger partial charge in [0.05, 0.1) is 11.3 Å². The van der Waals surface area contributed by atoms with E-state index in [9.17, 15) is 22.8 Å². The van der Waals surface area contributed by atoms with E-state index in [2.05, 4.69) is 14.8 Å². The van der Waals surface area contributed by atoms with Crippen molar-refractivity contribution < 1.29 is 27.5 Å². The molecule has 144 valence electrons. The van der Waals surface area contributed by atoms with Gasteiger partial charge in [0.2, 0.25) is 10.0 Å². The van der Waals surface area contributed by atoms with E-state index >= 15 is 0 Å². The van der Waals surface area contributed by atoms with Gasteiger partial charge in [0, 0.05) is 13.6 Å². The Bertz CT molecular complexity index is 781. The van der Waals surface area contributed by atoms with E-state index in [1.807, 2.05) is 12.2 Å². The summed E-state index contributed by atoms with van der Waals surface area (Å²) in [7, 11) is -2.44. The van der Waals surface area contributed by atoms with Gasteiger partial charge in [0.15, 0.2) is 6.61 Å². The van der Waals surface area contributed by atoms with Gasteiger partial charge in [0.1, 0.15) is 0 Å². The number of amides is 3. The molecule has 0 spiro atoms. The number of aryl methyl sites for hydroxylation is 3. The number of esters is 1. The highest BCUT2D eigenvalue weighted by molar-refractivity contribution is 7.89. The lowest BCUT2D eigenvalue weighted by Crippen LogP contribution is -2.39. The van der Waals surface area contributed by atoms with Crippen LogP contribution < -0.4 is 15.4 Å². The molecule has 0 aromatic heterocycles. The molecular formula is C16H23N3O6S. The van der Waals surface area contributed by atoms with Crippen LogP contribution in [0.15, 0.2) is 17.0 Å². The van der Waals surface area contributed by atoms with E-state index in [0.29, 0.717) is 11.1 Å². The molecule has 0 fully saturated rings. The Kier molecular flexibility index (Phi) is 7.72. The van der Waals surface area contributed by atoms with E-state index in [4.69, 9.17) is 0 Å². The summed E-state index contributed by atoms with van der Waals surface area (Å²) in [6, 6.07) is 2.81. The number of hydrogen-bond acceptors (Lipinski definition) is 6. The average Bonchev–Trinajstić information content (AvgIpc) is 2.51. The van der Waals surface area contributed by atoms with Crippen LogP contribution in [-0.4, -0.2) is 46.5 Å². The largest absolute Gasteiger partial charge is 0.456 e. The van der Waals surface area contributed by atoms with Gasteiger partial charge in [-0.2, -0.15) is 0 Å². The lowest BCUT2D eigenvalue weighted by molar-refractivity contribution is -0.148. The fourth-order valence-electron chi connectivity index (χ4n) is 2.39. The minimum absolute atomic E-state index is 0.176. The third-order valence-corrected chi connectivity index (χ3v) is 5.10. The monoisotopic (exact) mass is 385 g/mol. The quantitative estimate of drug-likeness (QED) is 0.578. The molecule has 0 radical (unpaired) electrons.